The highest BCUT2D eigenvalue weighted by molar-refractivity contribution is 5.99. The molecule has 8 nitrogen and oxygen atoms in total. The van der Waals surface area contributed by atoms with Gasteiger partial charge in [0.1, 0.15) is 11.6 Å². The van der Waals surface area contributed by atoms with Gasteiger partial charge in [0.05, 0.1) is 6.33 Å². The smallest absolute Gasteiger partial charge is 0.312 e. The van der Waals surface area contributed by atoms with Gasteiger partial charge in [0.15, 0.2) is 11.6 Å². The summed E-state index contributed by atoms with van der Waals surface area (Å²) in [7, 11) is 0. The zero-order valence-electron chi connectivity index (χ0n) is 8.44. The van der Waals surface area contributed by atoms with E-state index in [1.807, 2.05) is 0 Å². The Morgan fingerprint density at radius 2 is 2.31 bits per heavy atom. The van der Waals surface area contributed by atoms with Gasteiger partial charge >= 0.3 is 5.97 Å². The third-order valence-corrected chi connectivity index (χ3v) is 2.57. The number of hydrogen-bond donors (Lipinski definition) is 5. The van der Waals surface area contributed by atoms with Crippen molar-refractivity contribution in [2.45, 2.75) is 12.7 Å². The second kappa shape index (κ2) is 3.20. The summed E-state index contributed by atoms with van der Waals surface area (Å²) in [5.74, 6) is -3.89. The number of aliphatic carboxylic acids is 1. The molecule has 6 N–H and O–H groups in total. The predicted molar refractivity (Wildman–Crippen MR) is 53.4 cm³/mol. The van der Waals surface area contributed by atoms with Crippen LogP contribution < -0.4 is 16.4 Å². The monoisotopic (exact) mass is 225 g/mol. The number of nitrogens with one attached hydrogen (secondary N) is 3. The Labute approximate surface area is 90.2 Å². The number of fused-ring (bicyclic) bond motifs is 1. The standard InChI is InChI=1S/C8H11N5O3/c1-3(7(15)16)8(9)12-5-4(6(14)13-8)10-2-11-5/h2-3,12H,9H2,1H3,(H,10,11)(H,13,14)(H,15,16). The number of nitrogens with zero attached hydrogens (tertiary/aromatic N) is 1. The first-order chi connectivity index (χ1) is 7.44. The maximum atomic E-state index is 11.6. The number of aromatic amines is 1. The molecule has 0 radical (unpaired) electrons. The van der Waals surface area contributed by atoms with Crippen molar-refractivity contribution < 1.29 is 14.7 Å². The quantitative estimate of drug-likeness (QED) is 0.433. The highest BCUT2D eigenvalue weighted by Crippen LogP contribution is 2.23. The number of hydrogen-bond acceptors (Lipinski definition) is 5. The highest BCUT2D eigenvalue weighted by atomic mass is 16.4. The lowest BCUT2D eigenvalue weighted by Gasteiger charge is -2.37. The summed E-state index contributed by atoms with van der Waals surface area (Å²) in [6, 6.07) is 0. The second-order valence-electron chi connectivity index (χ2n) is 3.63. The molecule has 2 unspecified atom stereocenters. The molecule has 0 aliphatic carbocycles. The first kappa shape index (κ1) is 10.4. The van der Waals surface area contributed by atoms with E-state index in [0.29, 0.717) is 0 Å². The molecule has 0 saturated carbocycles. The van der Waals surface area contributed by atoms with Gasteiger partial charge in [-0.15, -0.1) is 0 Å². The van der Waals surface area contributed by atoms with Crippen LogP contribution in [0.5, 0.6) is 0 Å². The average molecular weight is 225 g/mol. The lowest BCUT2D eigenvalue weighted by atomic mass is 10.0. The lowest BCUT2D eigenvalue weighted by molar-refractivity contribution is -0.143. The van der Waals surface area contributed by atoms with Crippen molar-refractivity contribution >= 4 is 17.7 Å². The fraction of sp³-hybridized carbons (Fsp3) is 0.375. The zero-order chi connectivity index (χ0) is 11.9. The minimum absolute atomic E-state index is 0.235. The molecule has 1 aliphatic rings. The van der Waals surface area contributed by atoms with Gasteiger partial charge in [0, 0.05) is 0 Å². The van der Waals surface area contributed by atoms with Crippen LogP contribution in [0.3, 0.4) is 0 Å². The lowest BCUT2D eigenvalue weighted by Crippen LogP contribution is -2.69. The number of rotatable bonds is 2. The van der Waals surface area contributed by atoms with Gasteiger partial charge in [0.2, 0.25) is 0 Å². The molecule has 2 rings (SSSR count). The van der Waals surface area contributed by atoms with E-state index >= 15 is 0 Å². The highest BCUT2D eigenvalue weighted by Gasteiger charge is 2.43. The number of nitrogens with two attached hydrogens (primary N) is 1. The van der Waals surface area contributed by atoms with Crippen LogP contribution in [-0.4, -0.2) is 32.7 Å². The molecule has 1 amide bonds. The van der Waals surface area contributed by atoms with Crippen LogP contribution in [0.25, 0.3) is 0 Å². The van der Waals surface area contributed by atoms with Gasteiger partial charge in [-0.1, -0.05) is 0 Å². The zero-order valence-corrected chi connectivity index (χ0v) is 8.44. The molecule has 1 aromatic heterocycles. The van der Waals surface area contributed by atoms with Crippen LogP contribution in [0.4, 0.5) is 5.82 Å². The third kappa shape index (κ3) is 1.39. The van der Waals surface area contributed by atoms with Crippen molar-refractivity contribution in [3.05, 3.63) is 12.0 Å². The summed E-state index contributed by atoms with van der Waals surface area (Å²) in [5, 5.41) is 14.0. The molecule has 86 valence electrons. The molecule has 0 aromatic carbocycles. The summed E-state index contributed by atoms with van der Waals surface area (Å²) < 4.78 is 0. The molecule has 2 atom stereocenters. The maximum Gasteiger partial charge on any atom is 0.312 e. The van der Waals surface area contributed by atoms with Crippen molar-refractivity contribution in [2.24, 2.45) is 11.7 Å². The molecular formula is C8H11N5O3. The minimum Gasteiger partial charge on any atom is -0.481 e. The predicted octanol–water partition coefficient (Wildman–Crippen LogP) is -1.10. The molecule has 8 heteroatoms. The van der Waals surface area contributed by atoms with Gasteiger partial charge in [0.25, 0.3) is 5.91 Å². The van der Waals surface area contributed by atoms with Gasteiger partial charge in [-0.2, -0.15) is 0 Å². The van der Waals surface area contributed by atoms with E-state index < -0.39 is 23.6 Å². The Kier molecular flexibility index (Phi) is 2.09. The second-order valence-corrected chi connectivity index (χ2v) is 3.63. The van der Waals surface area contributed by atoms with E-state index in [-0.39, 0.29) is 11.5 Å². The van der Waals surface area contributed by atoms with Gasteiger partial charge in [-0.25, -0.2) is 4.98 Å². The Bertz CT molecular complexity index is 456. The Morgan fingerprint density at radius 3 is 2.94 bits per heavy atom. The van der Waals surface area contributed by atoms with Crippen molar-refractivity contribution in [3.63, 3.8) is 0 Å². The third-order valence-electron chi connectivity index (χ3n) is 2.57. The number of H-pyrrole nitrogens is 1. The summed E-state index contributed by atoms with van der Waals surface area (Å²) in [4.78, 5) is 28.9. The first-order valence-electron chi connectivity index (χ1n) is 4.60. The summed E-state index contributed by atoms with van der Waals surface area (Å²) in [5.41, 5.74) is 6.03. The molecule has 0 bridgehead atoms. The van der Waals surface area contributed by atoms with Gasteiger partial charge in [-0.3, -0.25) is 15.3 Å². The number of amides is 1. The fourth-order valence-corrected chi connectivity index (χ4v) is 1.45. The van der Waals surface area contributed by atoms with E-state index in [0.717, 1.165) is 0 Å². The molecule has 0 saturated heterocycles. The SMILES string of the molecule is CC(C(=O)O)C1(N)NC(=O)c2[nH]cnc2N1. The Morgan fingerprint density at radius 1 is 1.62 bits per heavy atom. The minimum atomic E-state index is -1.54. The molecular weight excluding hydrogens is 214 g/mol. The number of carbonyl (C=O) groups is 2. The number of carboxylic acids is 1. The molecule has 1 aromatic rings. The van der Waals surface area contributed by atoms with E-state index in [1.165, 1.54) is 13.3 Å². The topological polar surface area (TPSA) is 133 Å². The summed E-state index contributed by atoms with van der Waals surface area (Å²) in [6.07, 6.45) is 1.33. The fourth-order valence-electron chi connectivity index (χ4n) is 1.45. The van der Waals surface area contributed by atoms with E-state index in [1.54, 1.807) is 0 Å². The van der Waals surface area contributed by atoms with E-state index in [4.69, 9.17) is 10.8 Å². The summed E-state index contributed by atoms with van der Waals surface area (Å²) >= 11 is 0. The van der Waals surface area contributed by atoms with Crippen molar-refractivity contribution in [1.29, 1.82) is 0 Å². The van der Waals surface area contributed by atoms with Crippen molar-refractivity contribution in [2.75, 3.05) is 5.32 Å². The molecule has 2 heterocycles. The van der Waals surface area contributed by atoms with Gasteiger partial charge < -0.3 is 20.7 Å². The average Bonchev–Trinajstić information content (AvgIpc) is 2.64. The number of imidazole rings is 1. The molecule has 0 fully saturated rings. The summed E-state index contributed by atoms with van der Waals surface area (Å²) in [6.45, 7) is 1.40. The number of anilines is 1. The van der Waals surface area contributed by atoms with Crippen LogP contribution in [0.2, 0.25) is 0 Å². The van der Waals surface area contributed by atoms with Crippen LogP contribution in [0.1, 0.15) is 17.4 Å². The number of carbonyl (C=O) groups excluding carboxylic acids is 1. The normalized spacial score (nSPS) is 25.2. The van der Waals surface area contributed by atoms with Crippen molar-refractivity contribution in [3.8, 4) is 0 Å². The number of aromatic nitrogens is 2. The van der Waals surface area contributed by atoms with Gasteiger partial charge in [-0.05, 0) is 6.92 Å². The van der Waals surface area contributed by atoms with E-state index in [2.05, 4.69) is 20.6 Å². The number of carboxylic acid groups (broad SMARTS) is 1. The first-order valence-corrected chi connectivity index (χ1v) is 4.60. The van der Waals surface area contributed by atoms with E-state index in [9.17, 15) is 9.59 Å². The Balaban J connectivity index is 2.36. The van der Waals surface area contributed by atoms with Crippen LogP contribution in [0.15, 0.2) is 6.33 Å². The van der Waals surface area contributed by atoms with Crippen LogP contribution in [0, 0.1) is 5.92 Å². The molecule has 0 spiro atoms. The van der Waals surface area contributed by atoms with Crippen LogP contribution in [-0.2, 0) is 4.79 Å². The molecule has 16 heavy (non-hydrogen) atoms. The largest absolute Gasteiger partial charge is 0.481 e. The molecule has 1 aliphatic heterocycles. The van der Waals surface area contributed by atoms with Crippen molar-refractivity contribution in [1.82, 2.24) is 15.3 Å². The maximum absolute atomic E-state index is 11.6. The van der Waals surface area contributed by atoms with Crippen LogP contribution >= 0.6 is 0 Å². The Hall–Kier alpha value is -2.09.